The highest BCUT2D eigenvalue weighted by molar-refractivity contribution is 7.92. The van der Waals surface area contributed by atoms with Gasteiger partial charge in [0.15, 0.2) is 0 Å². The molecule has 6 heteroatoms. The molecule has 2 aromatic rings. The Hall–Kier alpha value is -1.56. The summed E-state index contributed by atoms with van der Waals surface area (Å²) in [6.07, 6.45) is 0.905. The largest absolute Gasteiger partial charge is 0.312 e. The van der Waals surface area contributed by atoms with E-state index in [2.05, 4.69) is 10.0 Å². The van der Waals surface area contributed by atoms with Crippen molar-refractivity contribution in [3.63, 3.8) is 0 Å². The Morgan fingerprint density at radius 1 is 1.14 bits per heavy atom. The lowest BCUT2D eigenvalue weighted by atomic mass is 10.00. The van der Waals surface area contributed by atoms with Crippen molar-refractivity contribution >= 4 is 27.3 Å². The van der Waals surface area contributed by atoms with Gasteiger partial charge in [0.2, 0.25) is 0 Å². The molecule has 1 aliphatic rings. The Bertz CT molecular complexity index is 775. The summed E-state index contributed by atoms with van der Waals surface area (Å²) in [5.41, 5.74) is 2.81. The minimum atomic E-state index is -3.63. The van der Waals surface area contributed by atoms with Crippen LogP contribution in [-0.2, 0) is 23.0 Å². The average Bonchev–Trinajstić information content (AvgIpc) is 2.47. The fourth-order valence-corrected chi connectivity index (χ4v) is 3.84. The number of fused-ring (bicyclic) bond motifs is 1. The molecule has 0 atom stereocenters. The van der Waals surface area contributed by atoms with Crippen molar-refractivity contribution in [1.82, 2.24) is 5.32 Å². The Kier molecular flexibility index (Phi) is 3.89. The molecule has 0 saturated heterocycles. The first-order valence-corrected chi connectivity index (χ1v) is 8.52. The Labute approximate surface area is 129 Å². The molecule has 0 fully saturated rings. The summed E-state index contributed by atoms with van der Waals surface area (Å²) in [4.78, 5) is 0.163. The molecule has 21 heavy (non-hydrogen) atoms. The number of hydrogen-bond acceptors (Lipinski definition) is 3. The molecule has 0 radical (unpaired) electrons. The summed E-state index contributed by atoms with van der Waals surface area (Å²) in [6, 6.07) is 11.9. The van der Waals surface area contributed by atoms with Gasteiger partial charge in [-0.05, 0) is 48.4 Å². The molecule has 0 saturated carbocycles. The number of halogens is 1. The van der Waals surface area contributed by atoms with E-state index >= 15 is 0 Å². The van der Waals surface area contributed by atoms with Crippen molar-refractivity contribution < 1.29 is 8.42 Å². The third-order valence-corrected chi connectivity index (χ3v) is 5.09. The Morgan fingerprint density at radius 2 is 1.95 bits per heavy atom. The highest BCUT2D eigenvalue weighted by atomic mass is 35.5. The van der Waals surface area contributed by atoms with Crippen molar-refractivity contribution in [2.45, 2.75) is 17.9 Å². The minimum absolute atomic E-state index is 0.163. The molecule has 0 aromatic heterocycles. The number of hydrogen-bond donors (Lipinski definition) is 2. The van der Waals surface area contributed by atoms with E-state index in [1.165, 1.54) is 17.7 Å². The fraction of sp³-hybridized carbons (Fsp3) is 0.200. The number of sulfonamides is 1. The van der Waals surface area contributed by atoms with Crippen molar-refractivity contribution in [2.75, 3.05) is 11.3 Å². The standard InChI is InChI=1S/C15H15ClN2O2S/c16-12-4-2-5-13(9-12)21(19,20)18-15-6-1-3-11-7-8-17-10-14(11)15/h1-6,9,17-18H,7-8,10H2. The van der Waals surface area contributed by atoms with E-state index < -0.39 is 10.0 Å². The maximum absolute atomic E-state index is 12.4. The van der Waals surface area contributed by atoms with E-state index in [4.69, 9.17) is 11.6 Å². The molecule has 0 spiro atoms. The topological polar surface area (TPSA) is 58.2 Å². The fourth-order valence-electron chi connectivity index (χ4n) is 2.45. The van der Waals surface area contributed by atoms with Crippen LogP contribution in [0.1, 0.15) is 11.1 Å². The molecular formula is C15H15ClN2O2S. The van der Waals surface area contributed by atoms with Crippen LogP contribution >= 0.6 is 11.6 Å². The van der Waals surface area contributed by atoms with Gasteiger partial charge >= 0.3 is 0 Å². The monoisotopic (exact) mass is 322 g/mol. The van der Waals surface area contributed by atoms with Crippen molar-refractivity contribution in [2.24, 2.45) is 0 Å². The van der Waals surface area contributed by atoms with Crippen molar-refractivity contribution in [3.05, 3.63) is 58.6 Å². The summed E-state index contributed by atoms with van der Waals surface area (Å²) in [6.45, 7) is 1.58. The van der Waals surface area contributed by atoms with Gasteiger partial charge in [0.1, 0.15) is 0 Å². The number of nitrogens with one attached hydrogen (secondary N) is 2. The molecule has 0 aliphatic carbocycles. The van der Waals surface area contributed by atoms with E-state index in [1.54, 1.807) is 18.2 Å². The smallest absolute Gasteiger partial charge is 0.261 e. The van der Waals surface area contributed by atoms with Gasteiger partial charge in [-0.25, -0.2) is 8.42 Å². The average molecular weight is 323 g/mol. The predicted molar refractivity (Wildman–Crippen MR) is 84.1 cm³/mol. The van der Waals surface area contributed by atoms with E-state index in [0.717, 1.165) is 18.5 Å². The summed E-state index contributed by atoms with van der Waals surface area (Å²) in [7, 11) is -3.63. The highest BCUT2D eigenvalue weighted by Crippen LogP contribution is 2.26. The van der Waals surface area contributed by atoms with Crippen LogP contribution in [-0.4, -0.2) is 15.0 Å². The third-order valence-electron chi connectivity index (χ3n) is 3.50. The lowest BCUT2D eigenvalue weighted by molar-refractivity contribution is 0.600. The van der Waals surface area contributed by atoms with Crippen LogP contribution in [0.15, 0.2) is 47.4 Å². The van der Waals surface area contributed by atoms with Crippen LogP contribution in [0.5, 0.6) is 0 Å². The van der Waals surface area contributed by atoms with E-state index in [0.29, 0.717) is 17.3 Å². The molecule has 0 bridgehead atoms. The van der Waals surface area contributed by atoms with E-state index in [1.807, 2.05) is 12.1 Å². The lowest BCUT2D eigenvalue weighted by Crippen LogP contribution is -2.25. The van der Waals surface area contributed by atoms with Crippen LogP contribution in [0.4, 0.5) is 5.69 Å². The summed E-state index contributed by atoms with van der Waals surface area (Å²) in [5, 5.41) is 3.66. The minimum Gasteiger partial charge on any atom is -0.312 e. The molecular weight excluding hydrogens is 308 g/mol. The molecule has 0 unspecified atom stereocenters. The zero-order valence-electron chi connectivity index (χ0n) is 11.3. The maximum Gasteiger partial charge on any atom is 0.261 e. The van der Waals surface area contributed by atoms with Crippen LogP contribution in [0.25, 0.3) is 0 Å². The van der Waals surface area contributed by atoms with Gasteiger partial charge in [-0.1, -0.05) is 29.8 Å². The van der Waals surface area contributed by atoms with Gasteiger partial charge in [-0.2, -0.15) is 0 Å². The SMILES string of the molecule is O=S(=O)(Nc1cccc2c1CNCC2)c1cccc(Cl)c1. The van der Waals surface area contributed by atoms with Gasteiger partial charge < -0.3 is 5.32 Å². The normalized spacial score (nSPS) is 14.5. The Morgan fingerprint density at radius 3 is 2.76 bits per heavy atom. The van der Waals surface area contributed by atoms with Crippen LogP contribution in [0, 0.1) is 0 Å². The van der Waals surface area contributed by atoms with E-state index in [-0.39, 0.29) is 4.90 Å². The van der Waals surface area contributed by atoms with Crippen LogP contribution in [0.3, 0.4) is 0 Å². The molecule has 0 amide bonds. The molecule has 2 aromatic carbocycles. The number of benzene rings is 2. The summed E-state index contributed by atoms with van der Waals surface area (Å²) >= 11 is 5.87. The highest BCUT2D eigenvalue weighted by Gasteiger charge is 2.19. The number of rotatable bonds is 3. The zero-order chi connectivity index (χ0) is 14.9. The first-order valence-electron chi connectivity index (χ1n) is 6.66. The van der Waals surface area contributed by atoms with Crippen molar-refractivity contribution in [1.29, 1.82) is 0 Å². The maximum atomic E-state index is 12.4. The third kappa shape index (κ3) is 3.05. The molecule has 110 valence electrons. The second-order valence-electron chi connectivity index (χ2n) is 4.93. The van der Waals surface area contributed by atoms with E-state index in [9.17, 15) is 8.42 Å². The molecule has 4 nitrogen and oxygen atoms in total. The molecule has 2 N–H and O–H groups in total. The lowest BCUT2D eigenvalue weighted by Gasteiger charge is -2.21. The van der Waals surface area contributed by atoms with Gasteiger partial charge in [-0.3, -0.25) is 4.72 Å². The second kappa shape index (κ2) is 5.67. The molecule has 1 heterocycles. The van der Waals surface area contributed by atoms with Crippen LogP contribution < -0.4 is 10.0 Å². The van der Waals surface area contributed by atoms with Gasteiger partial charge in [0.25, 0.3) is 10.0 Å². The predicted octanol–water partition coefficient (Wildman–Crippen LogP) is 2.79. The summed E-state index contributed by atoms with van der Waals surface area (Å²) < 4.78 is 27.6. The van der Waals surface area contributed by atoms with Gasteiger partial charge in [0, 0.05) is 11.6 Å². The summed E-state index contributed by atoms with van der Waals surface area (Å²) in [5.74, 6) is 0. The second-order valence-corrected chi connectivity index (χ2v) is 7.05. The van der Waals surface area contributed by atoms with Crippen molar-refractivity contribution in [3.8, 4) is 0 Å². The zero-order valence-corrected chi connectivity index (χ0v) is 12.8. The molecule has 1 aliphatic heterocycles. The van der Waals surface area contributed by atoms with Gasteiger partial charge in [-0.15, -0.1) is 0 Å². The van der Waals surface area contributed by atoms with Crippen LogP contribution in [0.2, 0.25) is 5.02 Å². The first-order chi connectivity index (χ1) is 10.1. The molecule has 3 rings (SSSR count). The quantitative estimate of drug-likeness (QED) is 0.913. The first kappa shape index (κ1) is 14.4. The number of anilines is 1. The Balaban J connectivity index is 1.96. The van der Waals surface area contributed by atoms with Gasteiger partial charge in [0.05, 0.1) is 10.6 Å².